The van der Waals surface area contributed by atoms with Gasteiger partial charge in [-0.2, -0.15) is 0 Å². The lowest BCUT2D eigenvalue weighted by Crippen LogP contribution is -2.01. The number of nitrogens with zero attached hydrogens (tertiary/aromatic N) is 2. The van der Waals surface area contributed by atoms with Crippen LogP contribution in [0.15, 0.2) is 16.9 Å². The van der Waals surface area contributed by atoms with Gasteiger partial charge in [0.25, 0.3) is 0 Å². The molecule has 6 heteroatoms. The highest BCUT2D eigenvalue weighted by molar-refractivity contribution is 9.10. The van der Waals surface area contributed by atoms with E-state index in [4.69, 9.17) is 11.6 Å². The van der Waals surface area contributed by atoms with Crippen molar-refractivity contribution < 1.29 is 0 Å². The van der Waals surface area contributed by atoms with Gasteiger partial charge in [0.2, 0.25) is 0 Å². The van der Waals surface area contributed by atoms with Crippen molar-refractivity contribution in [3.8, 4) is 0 Å². The van der Waals surface area contributed by atoms with Gasteiger partial charge in [0, 0.05) is 9.75 Å². The SMILES string of the molecule is Clc1ncnc(NCc2cc3c(s2)CCC3)c1Br. The fourth-order valence-corrected chi connectivity index (χ4v) is 3.80. The Morgan fingerprint density at radius 1 is 1.39 bits per heavy atom. The Morgan fingerprint density at radius 2 is 2.28 bits per heavy atom. The molecule has 2 aromatic rings. The van der Waals surface area contributed by atoms with Gasteiger partial charge in [-0.3, -0.25) is 0 Å². The summed E-state index contributed by atoms with van der Waals surface area (Å²) in [6.07, 6.45) is 5.24. The average Bonchev–Trinajstić information content (AvgIpc) is 2.91. The molecule has 2 aromatic heterocycles. The van der Waals surface area contributed by atoms with E-state index in [1.165, 1.54) is 36.0 Å². The van der Waals surface area contributed by atoms with Crippen LogP contribution in [0.4, 0.5) is 5.82 Å². The number of thiophene rings is 1. The summed E-state index contributed by atoms with van der Waals surface area (Å²) in [5.41, 5.74) is 1.52. The van der Waals surface area contributed by atoms with E-state index in [0.29, 0.717) is 5.15 Å². The van der Waals surface area contributed by atoms with E-state index < -0.39 is 0 Å². The van der Waals surface area contributed by atoms with E-state index in [-0.39, 0.29) is 0 Å². The summed E-state index contributed by atoms with van der Waals surface area (Å²) in [6, 6.07) is 2.30. The molecule has 0 aromatic carbocycles. The molecule has 0 spiro atoms. The smallest absolute Gasteiger partial charge is 0.148 e. The van der Waals surface area contributed by atoms with Crippen LogP contribution < -0.4 is 5.32 Å². The highest BCUT2D eigenvalue weighted by atomic mass is 79.9. The Morgan fingerprint density at radius 3 is 3.11 bits per heavy atom. The fourth-order valence-electron chi connectivity index (χ4n) is 2.12. The molecule has 0 radical (unpaired) electrons. The fraction of sp³-hybridized carbons (Fsp3) is 0.333. The lowest BCUT2D eigenvalue weighted by molar-refractivity contribution is 0.913. The normalized spacial score (nSPS) is 13.7. The summed E-state index contributed by atoms with van der Waals surface area (Å²) in [7, 11) is 0. The third-order valence-electron chi connectivity index (χ3n) is 2.97. The van der Waals surface area contributed by atoms with Gasteiger partial charge in [0.15, 0.2) is 0 Å². The molecule has 94 valence electrons. The maximum absolute atomic E-state index is 5.92. The Hall–Kier alpha value is -0.650. The molecule has 0 fully saturated rings. The molecule has 18 heavy (non-hydrogen) atoms. The standard InChI is InChI=1S/C12H11BrClN3S/c13-10-11(14)16-6-17-12(10)15-5-8-4-7-2-1-3-9(7)18-8/h4,6H,1-3,5H2,(H,15,16,17). The van der Waals surface area contributed by atoms with Gasteiger partial charge in [-0.1, -0.05) is 11.6 Å². The van der Waals surface area contributed by atoms with Gasteiger partial charge in [0.1, 0.15) is 17.3 Å². The molecule has 0 aliphatic heterocycles. The van der Waals surface area contributed by atoms with Crippen LogP contribution in [0.5, 0.6) is 0 Å². The number of hydrogen-bond donors (Lipinski definition) is 1. The summed E-state index contributed by atoms with van der Waals surface area (Å²) in [6.45, 7) is 0.781. The van der Waals surface area contributed by atoms with Crippen molar-refractivity contribution in [3.05, 3.63) is 37.3 Å². The van der Waals surface area contributed by atoms with Crippen LogP contribution in [0.25, 0.3) is 0 Å². The van der Waals surface area contributed by atoms with Gasteiger partial charge in [-0.15, -0.1) is 11.3 Å². The first-order valence-electron chi connectivity index (χ1n) is 5.74. The van der Waals surface area contributed by atoms with Crippen LogP contribution in [0, 0.1) is 0 Å². The van der Waals surface area contributed by atoms with E-state index in [0.717, 1.165) is 16.8 Å². The van der Waals surface area contributed by atoms with E-state index in [1.807, 2.05) is 11.3 Å². The average molecular weight is 345 g/mol. The monoisotopic (exact) mass is 343 g/mol. The molecule has 0 amide bonds. The second-order valence-electron chi connectivity index (χ2n) is 4.20. The predicted octanol–water partition coefficient (Wildman–Crippen LogP) is 4.05. The highest BCUT2D eigenvalue weighted by Crippen LogP contribution is 2.32. The number of hydrogen-bond acceptors (Lipinski definition) is 4. The number of nitrogens with one attached hydrogen (secondary N) is 1. The second-order valence-corrected chi connectivity index (χ2v) is 6.57. The van der Waals surface area contributed by atoms with Crippen LogP contribution in [0.1, 0.15) is 21.7 Å². The van der Waals surface area contributed by atoms with Gasteiger partial charge in [-0.25, -0.2) is 9.97 Å². The van der Waals surface area contributed by atoms with Crippen LogP contribution in [-0.4, -0.2) is 9.97 Å². The lowest BCUT2D eigenvalue weighted by Gasteiger charge is -2.06. The summed E-state index contributed by atoms with van der Waals surface area (Å²) >= 11 is 11.2. The third-order valence-corrected chi connectivity index (χ3v) is 5.48. The second kappa shape index (κ2) is 5.15. The molecule has 2 heterocycles. The lowest BCUT2D eigenvalue weighted by atomic mass is 10.2. The molecule has 0 unspecified atom stereocenters. The van der Waals surface area contributed by atoms with Crippen molar-refractivity contribution in [1.29, 1.82) is 0 Å². The molecule has 0 bridgehead atoms. The summed E-state index contributed by atoms with van der Waals surface area (Å²) in [5, 5.41) is 3.72. The van der Waals surface area contributed by atoms with Crippen molar-refractivity contribution in [3.63, 3.8) is 0 Å². The molecule has 1 aliphatic rings. The quantitative estimate of drug-likeness (QED) is 0.853. The summed E-state index contributed by atoms with van der Waals surface area (Å²) < 4.78 is 0.718. The summed E-state index contributed by atoms with van der Waals surface area (Å²) in [4.78, 5) is 11.0. The number of aryl methyl sites for hydroxylation is 2. The minimum Gasteiger partial charge on any atom is -0.364 e. The number of anilines is 1. The maximum atomic E-state index is 5.92. The molecule has 0 atom stereocenters. The van der Waals surface area contributed by atoms with Gasteiger partial charge >= 0.3 is 0 Å². The van der Waals surface area contributed by atoms with Crippen LogP contribution in [0.2, 0.25) is 5.15 Å². The summed E-state index contributed by atoms with van der Waals surface area (Å²) in [5.74, 6) is 0.739. The molecular weight excluding hydrogens is 334 g/mol. The van der Waals surface area contributed by atoms with E-state index >= 15 is 0 Å². The van der Waals surface area contributed by atoms with Crippen molar-refractivity contribution in [2.45, 2.75) is 25.8 Å². The zero-order valence-corrected chi connectivity index (χ0v) is 12.7. The molecular formula is C12H11BrClN3S. The topological polar surface area (TPSA) is 37.8 Å². The van der Waals surface area contributed by atoms with Crippen molar-refractivity contribution in [2.24, 2.45) is 0 Å². The molecule has 1 N–H and O–H groups in total. The number of halogens is 2. The van der Waals surface area contributed by atoms with E-state index in [9.17, 15) is 0 Å². The van der Waals surface area contributed by atoms with Crippen molar-refractivity contribution >= 4 is 44.7 Å². The molecule has 3 nitrogen and oxygen atoms in total. The van der Waals surface area contributed by atoms with E-state index in [2.05, 4.69) is 37.3 Å². The zero-order chi connectivity index (χ0) is 12.5. The van der Waals surface area contributed by atoms with Gasteiger partial charge in [-0.05, 0) is 46.8 Å². The zero-order valence-electron chi connectivity index (χ0n) is 9.54. The number of aromatic nitrogens is 2. The first-order chi connectivity index (χ1) is 8.74. The van der Waals surface area contributed by atoms with Crippen molar-refractivity contribution in [2.75, 3.05) is 5.32 Å². The Balaban J connectivity index is 1.72. The van der Waals surface area contributed by atoms with Gasteiger partial charge < -0.3 is 5.32 Å². The van der Waals surface area contributed by atoms with Crippen LogP contribution in [0.3, 0.4) is 0 Å². The minimum absolute atomic E-state index is 0.432. The number of fused-ring (bicyclic) bond motifs is 1. The maximum Gasteiger partial charge on any atom is 0.148 e. The van der Waals surface area contributed by atoms with Crippen LogP contribution in [-0.2, 0) is 19.4 Å². The first-order valence-corrected chi connectivity index (χ1v) is 7.73. The largest absolute Gasteiger partial charge is 0.364 e. The first kappa shape index (κ1) is 12.4. The third kappa shape index (κ3) is 2.39. The van der Waals surface area contributed by atoms with Gasteiger partial charge in [0.05, 0.1) is 11.0 Å². The Kier molecular flexibility index (Phi) is 3.54. The highest BCUT2D eigenvalue weighted by Gasteiger charge is 2.15. The number of rotatable bonds is 3. The minimum atomic E-state index is 0.432. The van der Waals surface area contributed by atoms with Crippen LogP contribution >= 0.6 is 38.9 Å². The molecule has 3 rings (SSSR count). The molecule has 0 saturated carbocycles. The molecule has 1 aliphatic carbocycles. The Bertz CT molecular complexity index is 563. The Labute approximate surface area is 123 Å². The van der Waals surface area contributed by atoms with E-state index in [1.54, 1.807) is 4.88 Å². The predicted molar refractivity (Wildman–Crippen MR) is 78.4 cm³/mol. The van der Waals surface area contributed by atoms with Crippen molar-refractivity contribution in [1.82, 2.24) is 9.97 Å². The molecule has 0 saturated heterocycles.